The second-order valence-electron chi connectivity index (χ2n) is 8.50. The van der Waals surface area contributed by atoms with Gasteiger partial charge in [0.2, 0.25) is 5.91 Å². The molecular formula is C26H26FN5O. The molecule has 33 heavy (non-hydrogen) atoms. The van der Waals surface area contributed by atoms with Crippen molar-refractivity contribution in [2.45, 2.75) is 45.6 Å². The summed E-state index contributed by atoms with van der Waals surface area (Å²) < 4.78 is 17.9. The van der Waals surface area contributed by atoms with Gasteiger partial charge in [0.05, 0.1) is 30.0 Å². The number of hydrogen-bond acceptors (Lipinski definition) is 3. The Morgan fingerprint density at radius 2 is 1.85 bits per heavy atom. The smallest absolute Gasteiger partial charge is 0.225 e. The lowest BCUT2D eigenvalue weighted by atomic mass is 9.92. The Hall–Kier alpha value is -3.74. The molecule has 2 aromatic heterocycles. The van der Waals surface area contributed by atoms with Crippen molar-refractivity contribution in [1.29, 1.82) is 0 Å². The van der Waals surface area contributed by atoms with Crippen molar-refractivity contribution in [3.63, 3.8) is 0 Å². The minimum atomic E-state index is -0.309. The Morgan fingerprint density at radius 1 is 1.09 bits per heavy atom. The quantitative estimate of drug-likeness (QED) is 0.492. The highest BCUT2D eigenvalue weighted by Gasteiger charge is 2.27. The van der Waals surface area contributed by atoms with Crippen molar-refractivity contribution >= 4 is 5.91 Å². The predicted molar refractivity (Wildman–Crippen MR) is 124 cm³/mol. The summed E-state index contributed by atoms with van der Waals surface area (Å²) in [5.41, 5.74) is 6.09. The van der Waals surface area contributed by atoms with Crippen molar-refractivity contribution in [2.24, 2.45) is 0 Å². The lowest BCUT2D eigenvalue weighted by Crippen LogP contribution is -2.32. The number of rotatable bonds is 5. The molecule has 5 rings (SSSR count). The molecule has 0 bridgehead atoms. The van der Waals surface area contributed by atoms with E-state index in [1.54, 1.807) is 29.1 Å². The second-order valence-corrected chi connectivity index (χ2v) is 8.50. The van der Waals surface area contributed by atoms with E-state index in [1.807, 2.05) is 48.9 Å². The minimum absolute atomic E-state index is 0.0506. The van der Waals surface area contributed by atoms with E-state index in [9.17, 15) is 9.18 Å². The summed E-state index contributed by atoms with van der Waals surface area (Å²) in [5.74, 6) is -0.360. The number of hydrogen-bond donors (Lipinski definition) is 1. The summed E-state index contributed by atoms with van der Waals surface area (Å²) in [6.45, 7) is 3.93. The van der Waals surface area contributed by atoms with Crippen molar-refractivity contribution in [3.8, 4) is 11.4 Å². The summed E-state index contributed by atoms with van der Waals surface area (Å²) >= 11 is 0. The van der Waals surface area contributed by atoms with Crippen LogP contribution >= 0.6 is 0 Å². The van der Waals surface area contributed by atoms with Gasteiger partial charge in [-0.2, -0.15) is 10.2 Å². The normalized spacial score (nSPS) is 15.3. The van der Waals surface area contributed by atoms with Gasteiger partial charge in [0.25, 0.3) is 0 Å². The zero-order valence-electron chi connectivity index (χ0n) is 18.8. The first kappa shape index (κ1) is 21.1. The van der Waals surface area contributed by atoms with E-state index in [4.69, 9.17) is 0 Å². The predicted octanol–water partition coefficient (Wildman–Crippen LogP) is 4.55. The molecule has 4 aromatic rings. The fourth-order valence-electron chi connectivity index (χ4n) is 4.70. The standard InChI is InChI=1S/C26H26FN5O/c1-17-20(18(2)31(30-17)19-9-4-3-5-10-19)15-26(33)29-23-12-8-14-24-21(23)16-28-32(24)25-13-7-6-11-22(25)27/h3-7,9-11,13,16,23H,8,12,14-15H2,1-2H3,(H,29,33)/t23-/m1/s1. The van der Waals surface area contributed by atoms with Gasteiger partial charge in [-0.1, -0.05) is 30.3 Å². The van der Waals surface area contributed by atoms with Crippen LogP contribution in [-0.2, 0) is 17.6 Å². The first-order valence-corrected chi connectivity index (χ1v) is 11.2. The number of nitrogens with one attached hydrogen (secondary N) is 1. The van der Waals surface area contributed by atoms with E-state index >= 15 is 0 Å². The van der Waals surface area contributed by atoms with Crippen LogP contribution in [0.15, 0.2) is 60.8 Å². The molecule has 1 aliphatic rings. The van der Waals surface area contributed by atoms with E-state index < -0.39 is 0 Å². The van der Waals surface area contributed by atoms with Crippen LogP contribution < -0.4 is 5.32 Å². The van der Waals surface area contributed by atoms with Crippen LogP contribution in [0.4, 0.5) is 4.39 Å². The average molecular weight is 444 g/mol. The van der Waals surface area contributed by atoms with Gasteiger partial charge >= 0.3 is 0 Å². The summed E-state index contributed by atoms with van der Waals surface area (Å²) in [5, 5.41) is 12.3. The van der Waals surface area contributed by atoms with Gasteiger partial charge in [-0.05, 0) is 57.4 Å². The molecule has 0 saturated heterocycles. The highest BCUT2D eigenvalue weighted by atomic mass is 19.1. The molecule has 0 fully saturated rings. The number of amides is 1. The molecule has 1 aliphatic carbocycles. The third-order valence-electron chi connectivity index (χ3n) is 6.38. The van der Waals surface area contributed by atoms with Crippen molar-refractivity contribution in [1.82, 2.24) is 24.9 Å². The fraction of sp³-hybridized carbons (Fsp3) is 0.269. The monoisotopic (exact) mass is 443 g/mol. The maximum atomic E-state index is 14.3. The third kappa shape index (κ3) is 3.95. The highest BCUT2D eigenvalue weighted by molar-refractivity contribution is 5.79. The average Bonchev–Trinajstić information content (AvgIpc) is 3.37. The van der Waals surface area contributed by atoms with E-state index in [2.05, 4.69) is 15.5 Å². The molecule has 168 valence electrons. The summed E-state index contributed by atoms with van der Waals surface area (Å²) in [6.07, 6.45) is 4.57. The van der Waals surface area contributed by atoms with Gasteiger partial charge in [0.15, 0.2) is 0 Å². The first-order valence-electron chi connectivity index (χ1n) is 11.2. The van der Waals surface area contributed by atoms with Crippen LogP contribution in [0, 0.1) is 19.7 Å². The largest absolute Gasteiger partial charge is 0.349 e. The van der Waals surface area contributed by atoms with Crippen LogP contribution in [0.1, 0.15) is 47.1 Å². The number of fused-ring (bicyclic) bond motifs is 1. The lowest BCUT2D eigenvalue weighted by Gasteiger charge is -2.24. The van der Waals surface area contributed by atoms with Gasteiger partial charge < -0.3 is 5.32 Å². The fourth-order valence-corrected chi connectivity index (χ4v) is 4.70. The topological polar surface area (TPSA) is 64.7 Å². The van der Waals surface area contributed by atoms with Crippen molar-refractivity contribution in [2.75, 3.05) is 0 Å². The second kappa shape index (κ2) is 8.65. The Labute approximate surface area is 192 Å². The van der Waals surface area contributed by atoms with Crippen LogP contribution in [-0.4, -0.2) is 25.5 Å². The van der Waals surface area contributed by atoms with Crippen molar-refractivity contribution < 1.29 is 9.18 Å². The van der Waals surface area contributed by atoms with Gasteiger partial charge in [-0.3, -0.25) is 4.79 Å². The highest BCUT2D eigenvalue weighted by Crippen LogP contribution is 2.31. The molecule has 0 radical (unpaired) electrons. The van der Waals surface area contributed by atoms with Crippen LogP contribution in [0.5, 0.6) is 0 Å². The zero-order chi connectivity index (χ0) is 22.9. The van der Waals surface area contributed by atoms with Crippen LogP contribution in [0.25, 0.3) is 11.4 Å². The summed E-state index contributed by atoms with van der Waals surface area (Å²) in [7, 11) is 0. The Morgan fingerprint density at radius 3 is 2.64 bits per heavy atom. The molecule has 2 aromatic carbocycles. The number of halogens is 1. The summed E-state index contributed by atoms with van der Waals surface area (Å²) in [4.78, 5) is 13.0. The van der Waals surface area contributed by atoms with Gasteiger partial charge in [0, 0.05) is 22.5 Å². The van der Waals surface area contributed by atoms with Crippen molar-refractivity contribution in [3.05, 3.63) is 94.8 Å². The Kier molecular flexibility index (Phi) is 5.54. The molecule has 0 saturated carbocycles. The zero-order valence-corrected chi connectivity index (χ0v) is 18.8. The number of aryl methyl sites for hydroxylation is 1. The molecule has 1 N–H and O–H groups in total. The van der Waals surface area contributed by atoms with E-state index in [1.165, 1.54) is 6.07 Å². The van der Waals surface area contributed by atoms with Gasteiger partial charge in [-0.15, -0.1) is 0 Å². The minimum Gasteiger partial charge on any atom is -0.349 e. The van der Waals surface area contributed by atoms with Gasteiger partial charge in [0.1, 0.15) is 11.5 Å². The van der Waals surface area contributed by atoms with E-state index in [0.717, 1.165) is 53.2 Å². The van der Waals surface area contributed by atoms with Crippen LogP contribution in [0.2, 0.25) is 0 Å². The lowest BCUT2D eigenvalue weighted by molar-refractivity contribution is -0.121. The Bertz CT molecular complexity index is 1310. The SMILES string of the molecule is Cc1nn(-c2ccccc2)c(C)c1CC(=O)N[C@@H]1CCCc2c1cnn2-c1ccccc1F. The van der Waals surface area contributed by atoms with Crippen LogP contribution in [0.3, 0.4) is 0 Å². The molecule has 0 unspecified atom stereocenters. The molecule has 0 aliphatic heterocycles. The molecular weight excluding hydrogens is 417 g/mol. The molecule has 7 heteroatoms. The molecule has 0 spiro atoms. The molecule has 2 heterocycles. The van der Waals surface area contributed by atoms with E-state index in [0.29, 0.717) is 5.69 Å². The maximum absolute atomic E-state index is 14.3. The number of carbonyl (C=O) groups is 1. The molecule has 1 atom stereocenters. The number of benzene rings is 2. The number of aromatic nitrogens is 4. The maximum Gasteiger partial charge on any atom is 0.225 e. The number of carbonyl (C=O) groups excluding carboxylic acids is 1. The Balaban J connectivity index is 1.36. The number of para-hydroxylation sites is 2. The molecule has 6 nitrogen and oxygen atoms in total. The van der Waals surface area contributed by atoms with Gasteiger partial charge in [-0.25, -0.2) is 13.8 Å². The number of nitrogens with zero attached hydrogens (tertiary/aromatic N) is 4. The molecule has 1 amide bonds. The first-order chi connectivity index (χ1) is 16.0. The van der Waals surface area contributed by atoms with E-state index in [-0.39, 0.29) is 24.2 Å². The third-order valence-corrected chi connectivity index (χ3v) is 6.38. The summed E-state index contributed by atoms with van der Waals surface area (Å²) in [6, 6.07) is 16.4.